The van der Waals surface area contributed by atoms with Crippen molar-refractivity contribution in [2.45, 2.75) is 19.8 Å². The van der Waals surface area contributed by atoms with E-state index in [1.54, 1.807) is 5.57 Å². The molecule has 0 radical (unpaired) electrons. The molecule has 0 bridgehead atoms. The molecule has 2 atom stereocenters. The summed E-state index contributed by atoms with van der Waals surface area (Å²) in [5.41, 5.74) is 2.97. The molecule has 2 unspecified atom stereocenters. The largest absolute Gasteiger partial charge is 0.0953 e. The summed E-state index contributed by atoms with van der Waals surface area (Å²) < 4.78 is 0. The third kappa shape index (κ3) is 0.487. The van der Waals surface area contributed by atoms with Crippen molar-refractivity contribution < 1.29 is 0 Å². The highest BCUT2D eigenvalue weighted by atomic mass is 14.4. The van der Waals surface area contributed by atoms with E-state index in [9.17, 15) is 0 Å². The van der Waals surface area contributed by atoms with Crippen molar-refractivity contribution in [3.05, 3.63) is 23.8 Å². The number of hydrogen-bond acceptors (Lipinski definition) is 0. The lowest BCUT2D eigenvalue weighted by Crippen LogP contribution is -2.26. The Labute approximate surface area is 56.3 Å². The number of allylic oxidation sites excluding steroid dienone is 3. The molecular weight excluding hydrogens is 108 g/mol. The summed E-state index contributed by atoms with van der Waals surface area (Å²) in [4.78, 5) is 0. The lowest BCUT2D eigenvalue weighted by atomic mass is 9.68. The van der Waals surface area contributed by atoms with E-state index in [1.165, 1.54) is 18.4 Å². The molecule has 0 saturated heterocycles. The molecule has 0 N–H and O–H groups in total. The first-order valence-corrected chi connectivity index (χ1v) is 3.70. The lowest BCUT2D eigenvalue weighted by Gasteiger charge is -2.36. The topological polar surface area (TPSA) is 0 Å². The first-order valence-electron chi connectivity index (χ1n) is 3.70. The van der Waals surface area contributed by atoms with Gasteiger partial charge in [-0.15, -0.1) is 0 Å². The zero-order valence-electron chi connectivity index (χ0n) is 5.85. The smallest absolute Gasteiger partial charge is 0.00934 e. The minimum Gasteiger partial charge on any atom is -0.0953 e. The van der Waals surface area contributed by atoms with Crippen molar-refractivity contribution in [2.24, 2.45) is 11.8 Å². The Balaban J connectivity index is 2.28. The van der Waals surface area contributed by atoms with Crippen molar-refractivity contribution in [3.63, 3.8) is 0 Å². The van der Waals surface area contributed by atoms with Crippen LogP contribution in [-0.4, -0.2) is 0 Å². The molecule has 1 fully saturated rings. The lowest BCUT2D eigenvalue weighted by molar-refractivity contribution is 0.397. The molecule has 48 valence electrons. The maximum Gasteiger partial charge on any atom is -0.00934 e. The Hall–Kier alpha value is -0.520. The van der Waals surface area contributed by atoms with Gasteiger partial charge < -0.3 is 0 Å². The minimum absolute atomic E-state index is 0.791. The average molecular weight is 120 g/mol. The Morgan fingerprint density at radius 3 is 3.11 bits per heavy atom. The highest BCUT2D eigenvalue weighted by molar-refractivity contribution is 5.45. The number of rotatable bonds is 0. The summed E-state index contributed by atoms with van der Waals surface area (Å²) in [5, 5.41) is 0. The normalized spacial score (nSPS) is 39.7. The van der Waals surface area contributed by atoms with Crippen LogP contribution in [0.2, 0.25) is 0 Å². The van der Waals surface area contributed by atoms with Crippen molar-refractivity contribution in [1.82, 2.24) is 0 Å². The van der Waals surface area contributed by atoms with Crippen LogP contribution in [0.25, 0.3) is 0 Å². The van der Waals surface area contributed by atoms with E-state index in [2.05, 4.69) is 19.6 Å². The highest BCUT2D eigenvalue weighted by Crippen LogP contribution is 2.50. The van der Waals surface area contributed by atoms with E-state index in [1.807, 2.05) is 0 Å². The summed E-state index contributed by atoms with van der Waals surface area (Å²) >= 11 is 0. The molecule has 0 aromatic carbocycles. The van der Waals surface area contributed by atoms with E-state index in [0.717, 1.165) is 11.8 Å². The van der Waals surface area contributed by atoms with Crippen LogP contribution in [0.4, 0.5) is 0 Å². The Kier molecular flexibility index (Phi) is 0.879. The van der Waals surface area contributed by atoms with Crippen molar-refractivity contribution in [1.29, 1.82) is 0 Å². The van der Waals surface area contributed by atoms with E-state index in [-0.39, 0.29) is 0 Å². The van der Waals surface area contributed by atoms with E-state index in [0.29, 0.717) is 0 Å². The first-order chi connectivity index (χ1) is 4.30. The van der Waals surface area contributed by atoms with Crippen molar-refractivity contribution in [2.75, 3.05) is 0 Å². The molecule has 0 heteroatoms. The van der Waals surface area contributed by atoms with E-state index < -0.39 is 0 Å². The predicted octanol–water partition coefficient (Wildman–Crippen LogP) is 2.53. The molecule has 1 saturated carbocycles. The van der Waals surface area contributed by atoms with Gasteiger partial charge in [0, 0.05) is 0 Å². The Bertz CT molecular complexity index is 186. The van der Waals surface area contributed by atoms with Gasteiger partial charge in [0.05, 0.1) is 0 Å². The fourth-order valence-electron chi connectivity index (χ4n) is 2.02. The standard InChI is InChI=1S/C9H12/c1-6-7(2)9-5-3-4-8(6)9/h4,7,9H,1,3,5H2,2H3. The predicted molar refractivity (Wildman–Crippen MR) is 39.1 cm³/mol. The summed E-state index contributed by atoms with van der Waals surface area (Å²) in [6.45, 7) is 6.30. The monoisotopic (exact) mass is 120 g/mol. The van der Waals surface area contributed by atoms with Crippen LogP contribution in [0.15, 0.2) is 23.8 Å². The molecule has 0 nitrogen and oxygen atoms in total. The zero-order valence-corrected chi connectivity index (χ0v) is 5.85. The van der Waals surface area contributed by atoms with Gasteiger partial charge in [0.1, 0.15) is 0 Å². The van der Waals surface area contributed by atoms with Crippen LogP contribution in [0.1, 0.15) is 19.8 Å². The molecule has 0 heterocycles. The SMILES string of the molecule is C=C1C2=CCCC2C1C. The van der Waals surface area contributed by atoms with Crippen molar-refractivity contribution >= 4 is 0 Å². The van der Waals surface area contributed by atoms with Gasteiger partial charge in [0.25, 0.3) is 0 Å². The Morgan fingerprint density at radius 2 is 2.44 bits per heavy atom. The fraction of sp³-hybridized carbons (Fsp3) is 0.556. The molecule has 0 spiro atoms. The third-order valence-electron chi connectivity index (χ3n) is 2.77. The molecule has 2 rings (SSSR count). The van der Waals surface area contributed by atoms with Crippen molar-refractivity contribution in [3.8, 4) is 0 Å². The van der Waals surface area contributed by atoms with Crippen LogP contribution < -0.4 is 0 Å². The van der Waals surface area contributed by atoms with Gasteiger partial charge in [-0.25, -0.2) is 0 Å². The second-order valence-corrected chi connectivity index (χ2v) is 3.16. The maximum atomic E-state index is 4.02. The molecule has 9 heavy (non-hydrogen) atoms. The number of fused-ring (bicyclic) bond motifs is 1. The molecule has 0 aromatic rings. The summed E-state index contributed by atoms with van der Waals surface area (Å²) in [5.74, 6) is 1.69. The van der Waals surface area contributed by atoms with Crippen LogP contribution in [0, 0.1) is 11.8 Å². The second kappa shape index (κ2) is 1.50. The van der Waals surface area contributed by atoms with Gasteiger partial charge in [0.2, 0.25) is 0 Å². The molecule has 2 aliphatic rings. The van der Waals surface area contributed by atoms with Gasteiger partial charge in [0.15, 0.2) is 0 Å². The molecule has 0 aliphatic heterocycles. The van der Waals surface area contributed by atoms with Gasteiger partial charge in [-0.1, -0.05) is 19.6 Å². The molecule has 0 aromatic heterocycles. The summed E-state index contributed by atoms with van der Waals surface area (Å²) in [7, 11) is 0. The van der Waals surface area contributed by atoms with Crippen LogP contribution in [0.5, 0.6) is 0 Å². The molecule has 0 amide bonds. The van der Waals surface area contributed by atoms with E-state index >= 15 is 0 Å². The minimum atomic E-state index is 0.791. The summed E-state index contributed by atoms with van der Waals surface area (Å²) in [6, 6.07) is 0. The zero-order chi connectivity index (χ0) is 6.43. The van der Waals surface area contributed by atoms with Gasteiger partial charge in [-0.3, -0.25) is 0 Å². The quantitative estimate of drug-likeness (QED) is 0.461. The summed E-state index contributed by atoms with van der Waals surface area (Å²) in [6.07, 6.45) is 5.03. The third-order valence-corrected chi connectivity index (χ3v) is 2.77. The van der Waals surface area contributed by atoms with Gasteiger partial charge in [-0.2, -0.15) is 0 Å². The van der Waals surface area contributed by atoms with Crippen LogP contribution >= 0.6 is 0 Å². The van der Waals surface area contributed by atoms with Gasteiger partial charge >= 0.3 is 0 Å². The first kappa shape index (κ1) is 5.28. The van der Waals surface area contributed by atoms with Crippen LogP contribution in [-0.2, 0) is 0 Å². The molecular formula is C9H12. The number of hydrogen-bond donors (Lipinski definition) is 0. The fourth-order valence-corrected chi connectivity index (χ4v) is 2.02. The van der Waals surface area contributed by atoms with E-state index in [4.69, 9.17) is 0 Å². The maximum absolute atomic E-state index is 4.02. The highest BCUT2D eigenvalue weighted by Gasteiger charge is 2.37. The molecule has 2 aliphatic carbocycles. The van der Waals surface area contributed by atoms with Crippen LogP contribution in [0.3, 0.4) is 0 Å². The van der Waals surface area contributed by atoms with Gasteiger partial charge in [-0.05, 0) is 35.8 Å². The Morgan fingerprint density at radius 1 is 1.67 bits per heavy atom. The average Bonchev–Trinajstić information content (AvgIpc) is 2.30. The second-order valence-electron chi connectivity index (χ2n) is 3.16.